The molecule has 4 nitrogen and oxygen atoms in total. The molecule has 19 heavy (non-hydrogen) atoms. The summed E-state index contributed by atoms with van der Waals surface area (Å²) >= 11 is -0.531. The lowest BCUT2D eigenvalue weighted by Crippen LogP contribution is -2.07. The van der Waals surface area contributed by atoms with Crippen molar-refractivity contribution in [2.75, 3.05) is 6.61 Å². The Morgan fingerprint density at radius 1 is 1.53 bits per heavy atom. The lowest BCUT2D eigenvalue weighted by atomic mass is 10.1. The van der Waals surface area contributed by atoms with Crippen LogP contribution in [0.15, 0.2) is 17.0 Å². The standard InChI is InChI=1S/C11H8F3NO3S/c1-2-18-10(17)7-4-9(19-11(12,13)14)6(5-15)3-8(7)16/h3-4,16H,2H2,1H3. The third-order valence-corrected chi connectivity index (χ3v) is 2.73. The van der Waals surface area contributed by atoms with E-state index in [1.165, 1.54) is 13.0 Å². The molecule has 1 N–H and O–H groups in total. The Bertz CT molecular complexity index is 537. The number of nitriles is 1. The Labute approximate surface area is 110 Å². The third kappa shape index (κ3) is 4.06. The SMILES string of the molecule is CCOC(=O)c1cc(SC(F)(F)F)c(C#N)cc1O. The molecule has 0 aliphatic heterocycles. The Kier molecular flexibility index (Phi) is 4.67. The highest BCUT2D eigenvalue weighted by Crippen LogP contribution is 2.40. The highest BCUT2D eigenvalue weighted by Gasteiger charge is 2.31. The van der Waals surface area contributed by atoms with Crippen LogP contribution in [0, 0.1) is 11.3 Å². The van der Waals surface area contributed by atoms with Gasteiger partial charge in [-0.25, -0.2) is 4.79 Å². The van der Waals surface area contributed by atoms with E-state index >= 15 is 0 Å². The number of alkyl halides is 3. The topological polar surface area (TPSA) is 70.3 Å². The maximum Gasteiger partial charge on any atom is 0.446 e. The van der Waals surface area contributed by atoms with Crippen LogP contribution in [0.2, 0.25) is 0 Å². The molecule has 0 bridgehead atoms. The third-order valence-electron chi connectivity index (χ3n) is 1.94. The molecule has 0 spiro atoms. The number of esters is 1. The van der Waals surface area contributed by atoms with Crippen molar-refractivity contribution in [3.8, 4) is 11.8 Å². The van der Waals surface area contributed by atoms with Crippen LogP contribution in [-0.2, 0) is 4.74 Å². The van der Waals surface area contributed by atoms with Crippen LogP contribution in [-0.4, -0.2) is 23.2 Å². The molecule has 102 valence electrons. The number of nitrogens with zero attached hydrogens (tertiary/aromatic N) is 1. The van der Waals surface area contributed by atoms with Gasteiger partial charge in [0.05, 0.1) is 12.2 Å². The van der Waals surface area contributed by atoms with Crippen molar-refractivity contribution in [1.29, 1.82) is 5.26 Å². The largest absolute Gasteiger partial charge is 0.507 e. The molecular formula is C11H8F3NO3S. The molecule has 0 radical (unpaired) electrons. The number of aromatic hydroxyl groups is 1. The molecule has 1 rings (SSSR count). The van der Waals surface area contributed by atoms with Gasteiger partial charge in [-0.05, 0) is 30.8 Å². The van der Waals surface area contributed by atoms with Crippen LogP contribution >= 0.6 is 11.8 Å². The van der Waals surface area contributed by atoms with Gasteiger partial charge in [0.2, 0.25) is 0 Å². The minimum Gasteiger partial charge on any atom is -0.507 e. The highest BCUT2D eigenvalue weighted by atomic mass is 32.2. The first-order valence-corrected chi connectivity index (χ1v) is 5.80. The lowest BCUT2D eigenvalue weighted by molar-refractivity contribution is -0.0328. The van der Waals surface area contributed by atoms with Gasteiger partial charge in [-0.3, -0.25) is 0 Å². The molecule has 0 saturated heterocycles. The molecule has 0 amide bonds. The fraction of sp³-hybridized carbons (Fsp3) is 0.273. The second kappa shape index (κ2) is 5.84. The van der Waals surface area contributed by atoms with Gasteiger partial charge in [-0.2, -0.15) is 18.4 Å². The van der Waals surface area contributed by atoms with Crippen molar-refractivity contribution in [3.05, 3.63) is 23.3 Å². The fourth-order valence-electron chi connectivity index (χ4n) is 1.24. The first-order chi connectivity index (χ1) is 8.78. The molecule has 8 heteroatoms. The summed E-state index contributed by atoms with van der Waals surface area (Å²) in [5, 5.41) is 18.2. The zero-order valence-electron chi connectivity index (χ0n) is 9.61. The number of ether oxygens (including phenoxy) is 1. The number of phenols is 1. The number of hydrogen-bond acceptors (Lipinski definition) is 5. The normalized spacial score (nSPS) is 10.9. The van der Waals surface area contributed by atoms with Crippen LogP contribution in [0.25, 0.3) is 0 Å². The average Bonchev–Trinajstić information content (AvgIpc) is 2.29. The van der Waals surface area contributed by atoms with Gasteiger partial charge in [-0.1, -0.05) is 0 Å². The number of hydrogen-bond donors (Lipinski definition) is 1. The van der Waals surface area contributed by atoms with Crippen molar-refractivity contribution in [1.82, 2.24) is 0 Å². The van der Waals surface area contributed by atoms with E-state index in [9.17, 15) is 23.1 Å². The van der Waals surface area contributed by atoms with Gasteiger partial charge >= 0.3 is 11.5 Å². The minimum absolute atomic E-state index is 0.0139. The molecule has 0 aliphatic carbocycles. The predicted octanol–water partition coefficient (Wildman–Crippen LogP) is 3.05. The summed E-state index contributed by atoms with van der Waals surface area (Å²) in [7, 11) is 0. The molecule has 0 aliphatic rings. The van der Waals surface area contributed by atoms with Gasteiger partial charge in [0, 0.05) is 4.90 Å². The van der Waals surface area contributed by atoms with E-state index in [2.05, 4.69) is 4.74 Å². The van der Waals surface area contributed by atoms with Crippen LogP contribution in [0.1, 0.15) is 22.8 Å². The summed E-state index contributed by atoms with van der Waals surface area (Å²) < 4.78 is 41.5. The summed E-state index contributed by atoms with van der Waals surface area (Å²) in [5.74, 6) is -1.55. The minimum atomic E-state index is -4.60. The summed E-state index contributed by atoms with van der Waals surface area (Å²) in [5.41, 5.74) is -5.38. The average molecular weight is 291 g/mol. The van der Waals surface area contributed by atoms with Gasteiger partial charge < -0.3 is 9.84 Å². The second-order valence-corrected chi connectivity index (χ2v) is 4.35. The maximum absolute atomic E-state index is 12.3. The van der Waals surface area contributed by atoms with E-state index in [1.54, 1.807) is 0 Å². The van der Waals surface area contributed by atoms with Crippen LogP contribution in [0.5, 0.6) is 5.75 Å². The molecule has 0 fully saturated rings. The number of carbonyl (C=O) groups is 1. The summed E-state index contributed by atoms with van der Waals surface area (Å²) in [6.45, 7) is 1.53. The van der Waals surface area contributed by atoms with Gasteiger partial charge in [0.15, 0.2) is 0 Å². The van der Waals surface area contributed by atoms with E-state index in [1.807, 2.05) is 0 Å². The first-order valence-electron chi connectivity index (χ1n) is 4.98. The Morgan fingerprint density at radius 3 is 2.63 bits per heavy atom. The predicted molar refractivity (Wildman–Crippen MR) is 60.7 cm³/mol. The molecule has 0 atom stereocenters. The number of carbonyl (C=O) groups excluding carboxylic acids is 1. The van der Waals surface area contributed by atoms with E-state index in [0.717, 1.165) is 12.1 Å². The van der Waals surface area contributed by atoms with Crippen LogP contribution in [0.3, 0.4) is 0 Å². The summed E-state index contributed by atoms with van der Waals surface area (Å²) in [6, 6.07) is 3.13. The van der Waals surface area contributed by atoms with Crippen LogP contribution in [0.4, 0.5) is 13.2 Å². The van der Waals surface area contributed by atoms with Gasteiger partial charge in [-0.15, -0.1) is 0 Å². The van der Waals surface area contributed by atoms with Crippen molar-refractivity contribution < 1.29 is 27.8 Å². The molecule has 0 saturated carbocycles. The zero-order chi connectivity index (χ0) is 14.6. The van der Waals surface area contributed by atoms with Crippen molar-refractivity contribution >= 4 is 17.7 Å². The van der Waals surface area contributed by atoms with Crippen LogP contribution < -0.4 is 0 Å². The van der Waals surface area contributed by atoms with E-state index in [4.69, 9.17) is 5.26 Å². The number of phenolic OH excluding ortho intramolecular Hbond substituents is 1. The number of thioether (sulfide) groups is 1. The van der Waals surface area contributed by atoms with Crippen molar-refractivity contribution in [2.24, 2.45) is 0 Å². The Balaban J connectivity index is 3.26. The van der Waals surface area contributed by atoms with Gasteiger partial charge in [0.25, 0.3) is 0 Å². The molecule has 1 aromatic rings. The molecular weight excluding hydrogens is 283 g/mol. The summed E-state index contributed by atoms with van der Waals surface area (Å²) in [6.07, 6.45) is 0. The van der Waals surface area contributed by atoms with Gasteiger partial charge in [0.1, 0.15) is 17.4 Å². The smallest absolute Gasteiger partial charge is 0.446 e. The maximum atomic E-state index is 12.3. The quantitative estimate of drug-likeness (QED) is 0.684. The number of halogens is 3. The van der Waals surface area contributed by atoms with E-state index < -0.39 is 39.4 Å². The van der Waals surface area contributed by atoms with Crippen molar-refractivity contribution in [2.45, 2.75) is 17.3 Å². The molecule has 0 unspecified atom stereocenters. The molecule has 0 aromatic heterocycles. The fourth-order valence-corrected chi connectivity index (χ4v) is 1.88. The van der Waals surface area contributed by atoms with Crippen molar-refractivity contribution in [3.63, 3.8) is 0 Å². The lowest BCUT2D eigenvalue weighted by Gasteiger charge is -2.10. The number of benzene rings is 1. The molecule has 0 heterocycles. The molecule has 1 aromatic carbocycles. The zero-order valence-corrected chi connectivity index (χ0v) is 10.4. The highest BCUT2D eigenvalue weighted by molar-refractivity contribution is 8.00. The van der Waals surface area contributed by atoms with E-state index in [0.29, 0.717) is 0 Å². The first kappa shape index (κ1) is 15.2. The summed E-state index contributed by atoms with van der Waals surface area (Å²) in [4.78, 5) is 11.0. The Morgan fingerprint density at radius 2 is 2.16 bits per heavy atom. The van der Waals surface area contributed by atoms with E-state index in [-0.39, 0.29) is 12.2 Å². The second-order valence-electron chi connectivity index (χ2n) is 3.25. The number of rotatable bonds is 3. The Hall–Kier alpha value is -1.88. The monoisotopic (exact) mass is 291 g/mol.